The third-order valence-corrected chi connectivity index (χ3v) is 5.48. The molecule has 1 aliphatic rings. The average molecular weight is 273 g/mol. The topological polar surface area (TPSA) is 85.1 Å². The number of nitrogens with zero attached hydrogens (tertiary/aromatic N) is 2. The van der Waals surface area contributed by atoms with Gasteiger partial charge in [0.2, 0.25) is 5.89 Å². The van der Waals surface area contributed by atoms with Crippen molar-refractivity contribution in [1.82, 2.24) is 15.5 Å². The second kappa shape index (κ2) is 5.79. The zero-order valence-corrected chi connectivity index (χ0v) is 11.4. The van der Waals surface area contributed by atoms with Crippen LogP contribution < -0.4 is 5.32 Å². The van der Waals surface area contributed by atoms with Crippen molar-refractivity contribution in [2.75, 3.05) is 19.3 Å². The fraction of sp³-hybridized carbons (Fsp3) is 0.818. The van der Waals surface area contributed by atoms with Gasteiger partial charge in [-0.3, -0.25) is 0 Å². The Morgan fingerprint density at radius 3 is 3.00 bits per heavy atom. The van der Waals surface area contributed by atoms with Gasteiger partial charge in [0.1, 0.15) is 0 Å². The number of sulfone groups is 1. The van der Waals surface area contributed by atoms with E-state index in [1.165, 1.54) is 0 Å². The van der Waals surface area contributed by atoms with Crippen LogP contribution in [0.15, 0.2) is 4.52 Å². The summed E-state index contributed by atoms with van der Waals surface area (Å²) in [5, 5.41) is 6.59. The van der Waals surface area contributed by atoms with E-state index in [0.717, 1.165) is 25.8 Å². The summed E-state index contributed by atoms with van der Waals surface area (Å²) < 4.78 is 28.5. The van der Waals surface area contributed by atoms with E-state index in [-0.39, 0.29) is 5.25 Å². The molecule has 1 saturated heterocycles. The first-order chi connectivity index (χ1) is 8.62. The predicted molar refractivity (Wildman–Crippen MR) is 67.1 cm³/mol. The Hall–Kier alpha value is -0.950. The number of rotatable bonds is 6. The van der Waals surface area contributed by atoms with Crippen LogP contribution in [0.1, 0.15) is 31.0 Å². The molecular formula is C11H19N3O3S. The summed E-state index contributed by atoms with van der Waals surface area (Å²) in [6.45, 7) is 0.904. The largest absolute Gasteiger partial charge is 0.339 e. The molecule has 1 atom stereocenters. The minimum atomic E-state index is -2.93. The van der Waals surface area contributed by atoms with E-state index in [4.69, 9.17) is 4.52 Å². The number of nitrogens with one attached hydrogen (secondary N) is 1. The molecule has 2 heterocycles. The predicted octanol–water partition coefficient (Wildman–Crippen LogP) is 0.341. The summed E-state index contributed by atoms with van der Waals surface area (Å²) in [5.41, 5.74) is 0. The number of aromatic nitrogens is 2. The number of hydrogen-bond acceptors (Lipinski definition) is 6. The molecule has 0 aliphatic carbocycles. The standard InChI is InChI=1S/C11H19N3O3S/c1-12-6-2-5-10-13-11(17-14-10)8-9-4-3-7-18(9,15)16/h9,12H,2-8H2,1H3. The van der Waals surface area contributed by atoms with Crippen LogP contribution in [0.3, 0.4) is 0 Å². The van der Waals surface area contributed by atoms with Crippen LogP contribution in [-0.4, -0.2) is 43.2 Å². The van der Waals surface area contributed by atoms with E-state index in [0.29, 0.717) is 30.3 Å². The Morgan fingerprint density at radius 1 is 1.50 bits per heavy atom. The minimum absolute atomic E-state index is 0.292. The molecule has 1 fully saturated rings. The first kappa shape index (κ1) is 13.5. The summed E-state index contributed by atoms with van der Waals surface area (Å²) in [6, 6.07) is 0. The van der Waals surface area contributed by atoms with Gasteiger partial charge in [-0.2, -0.15) is 4.98 Å². The zero-order chi connectivity index (χ0) is 13.0. The van der Waals surface area contributed by atoms with Crippen LogP contribution in [0.25, 0.3) is 0 Å². The maximum absolute atomic E-state index is 11.7. The molecule has 0 aromatic carbocycles. The summed E-state index contributed by atoms with van der Waals surface area (Å²) in [5.74, 6) is 1.40. The molecule has 6 nitrogen and oxygen atoms in total. The lowest BCUT2D eigenvalue weighted by atomic mass is 10.2. The Labute approximate surface area is 107 Å². The Balaban J connectivity index is 1.90. The van der Waals surface area contributed by atoms with Crippen molar-refractivity contribution in [3.05, 3.63) is 11.7 Å². The molecule has 0 saturated carbocycles. The second-order valence-corrected chi connectivity index (χ2v) is 7.05. The van der Waals surface area contributed by atoms with Gasteiger partial charge in [-0.15, -0.1) is 0 Å². The van der Waals surface area contributed by atoms with E-state index in [2.05, 4.69) is 15.5 Å². The highest BCUT2D eigenvalue weighted by Gasteiger charge is 2.32. The summed E-state index contributed by atoms with van der Waals surface area (Å²) in [7, 11) is -1.04. The number of hydrogen-bond donors (Lipinski definition) is 1. The van der Waals surface area contributed by atoms with Gasteiger partial charge in [0, 0.05) is 12.8 Å². The average Bonchev–Trinajstić information content (AvgIpc) is 2.88. The highest BCUT2D eigenvalue weighted by Crippen LogP contribution is 2.23. The lowest BCUT2D eigenvalue weighted by molar-refractivity contribution is 0.369. The first-order valence-corrected chi connectivity index (χ1v) is 8.01. The fourth-order valence-electron chi connectivity index (χ4n) is 2.18. The Bertz CT molecular complexity index is 483. The SMILES string of the molecule is CNCCCc1noc(CC2CCCS2(=O)=O)n1. The van der Waals surface area contributed by atoms with E-state index in [1.54, 1.807) is 0 Å². The maximum Gasteiger partial charge on any atom is 0.227 e. The smallest absolute Gasteiger partial charge is 0.227 e. The van der Waals surface area contributed by atoms with Crippen LogP contribution in [0.4, 0.5) is 0 Å². The van der Waals surface area contributed by atoms with Crippen LogP contribution in [0.2, 0.25) is 0 Å². The second-order valence-electron chi connectivity index (χ2n) is 4.65. The Kier molecular flexibility index (Phi) is 4.34. The van der Waals surface area contributed by atoms with Crippen molar-refractivity contribution in [3.8, 4) is 0 Å². The molecule has 102 valence electrons. The van der Waals surface area contributed by atoms with E-state index < -0.39 is 9.84 Å². The molecule has 1 aliphatic heterocycles. The third-order valence-electron chi connectivity index (χ3n) is 3.20. The molecule has 18 heavy (non-hydrogen) atoms. The zero-order valence-electron chi connectivity index (χ0n) is 10.6. The molecule has 0 radical (unpaired) electrons. The van der Waals surface area contributed by atoms with Crippen LogP contribution in [0, 0.1) is 0 Å². The van der Waals surface area contributed by atoms with Gasteiger partial charge in [-0.1, -0.05) is 5.16 Å². The third kappa shape index (κ3) is 3.29. The molecule has 0 spiro atoms. The van der Waals surface area contributed by atoms with E-state index in [9.17, 15) is 8.42 Å². The maximum atomic E-state index is 11.7. The summed E-state index contributed by atoms with van der Waals surface area (Å²) >= 11 is 0. The molecular weight excluding hydrogens is 254 g/mol. The van der Waals surface area contributed by atoms with Crippen molar-refractivity contribution >= 4 is 9.84 Å². The summed E-state index contributed by atoms with van der Waals surface area (Å²) in [6.07, 6.45) is 3.51. The van der Waals surface area contributed by atoms with Crippen molar-refractivity contribution < 1.29 is 12.9 Å². The molecule has 2 rings (SSSR count). The molecule has 1 unspecified atom stereocenters. The van der Waals surface area contributed by atoms with Crippen molar-refractivity contribution in [2.45, 2.75) is 37.4 Å². The Morgan fingerprint density at radius 2 is 2.33 bits per heavy atom. The van der Waals surface area contributed by atoms with Gasteiger partial charge in [0.15, 0.2) is 15.7 Å². The van der Waals surface area contributed by atoms with Gasteiger partial charge in [0.05, 0.1) is 11.0 Å². The monoisotopic (exact) mass is 273 g/mol. The molecule has 1 N–H and O–H groups in total. The van der Waals surface area contributed by atoms with E-state index >= 15 is 0 Å². The normalized spacial score (nSPS) is 22.4. The van der Waals surface area contributed by atoms with Gasteiger partial charge in [-0.25, -0.2) is 8.42 Å². The molecule has 0 amide bonds. The van der Waals surface area contributed by atoms with Crippen molar-refractivity contribution in [1.29, 1.82) is 0 Å². The van der Waals surface area contributed by atoms with Crippen molar-refractivity contribution in [3.63, 3.8) is 0 Å². The van der Waals surface area contributed by atoms with Gasteiger partial charge in [0.25, 0.3) is 0 Å². The quantitative estimate of drug-likeness (QED) is 0.752. The van der Waals surface area contributed by atoms with Crippen molar-refractivity contribution in [2.24, 2.45) is 0 Å². The van der Waals surface area contributed by atoms with Crippen LogP contribution in [0.5, 0.6) is 0 Å². The lowest BCUT2D eigenvalue weighted by Gasteiger charge is -2.04. The van der Waals surface area contributed by atoms with Gasteiger partial charge < -0.3 is 9.84 Å². The molecule has 0 bridgehead atoms. The van der Waals surface area contributed by atoms with Gasteiger partial charge >= 0.3 is 0 Å². The number of aryl methyl sites for hydroxylation is 1. The lowest BCUT2D eigenvalue weighted by Crippen LogP contribution is -2.18. The first-order valence-electron chi connectivity index (χ1n) is 6.29. The molecule has 1 aromatic heterocycles. The van der Waals surface area contributed by atoms with Crippen LogP contribution >= 0.6 is 0 Å². The minimum Gasteiger partial charge on any atom is -0.339 e. The molecule has 1 aromatic rings. The summed E-state index contributed by atoms with van der Waals surface area (Å²) in [4.78, 5) is 4.24. The fourth-order valence-corrected chi connectivity index (χ4v) is 4.00. The van der Waals surface area contributed by atoms with E-state index in [1.807, 2.05) is 7.05 Å². The highest BCUT2D eigenvalue weighted by atomic mass is 32.2. The highest BCUT2D eigenvalue weighted by molar-refractivity contribution is 7.92. The van der Waals surface area contributed by atoms with Crippen LogP contribution in [-0.2, 0) is 22.7 Å². The van der Waals surface area contributed by atoms with Gasteiger partial charge in [-0.05, 0) is 32.9 Å². The molecule has 7 heteroatoms.